The molecule has 0 saturated carbocycles. The van der Waals surface area contributed by atoms with Gasteiger partial charge in [0.15, 0.2) is 5.69 Å². The topological polar surface area (TPSA) is 85.7 Å². The summed E-state index contributed by atoms with van der Waals surface area (Å²) in [4.78, 5) is 18.8. The highest BCUT2D eigenvalue weighted by Gasteiger charge is 2.43. The predicted molar refractivity (Wildman–Crippen MR) is 129 cm³/mol. The molecule has 2 heterocycles. The van der Waals surface area contributed by atoms with Crippen LogP contribution in [0, 0.1) is 5.92 Å². The molecule has 1 aliphatic heterocycles. The number of methoxy groups -OCH3 is 1. The largest absolute Gasteiger partial charge is 0.494 e. The third kappa shape index (κ3) is 5.37. The van der Waals surface area contributed by atoms with Crippen molar-refractivity contribution >= 4 is 17.1 Å². The molecule has 35 heavy (non-hydrogen) atoms. The highest BCUT2D eigenvalue weighted by atomic mass is 19.4. The molecule has 182 valence electrons. The molecular weight excluding hydrogens is 459 g/mol. The summed E-state index contributed by atoms with van der Waals surface area (Å²) < 4.78 is 46.3. The lowest BCUT2D eigenvalue weighted by atomic mass is 10.1. The number of aromatic nitrogens is 2. The minimum Gasteiger partial charge on any atom is -0.494 e. The first-order valence-corrected chi connectivity index (χ1v) is 10.9. The van der Waals surface area contributed by atoms with Crippen LogP contribution in [-0.2, 0) is 0 Å². The number of aliphatic imine (C=N–C) groups is 1. The van der Waals surface area contributed by atoms with Crippen LogP contribution >= 0.6 is 0 Å². The van der Waals surface area contributed by atoms with Gasteiger partial charge >= 0.3 is 6.18 Å². The van der Waals surface area contributed by atoms with E-state index in [0.717, 1.165) is 0 Å². The second kappa shape index (κ2) is 10.0. The highest BCUT2D eigenvalue weighted by Crippen LogP contribution is 2.37. The summed E-state index contributed by atoms with van der Waals surface area (Å²) in [6, 6.07) is 15.5. The van der Waals surface area contributed by atoms with E-state index >= 15 is 0 Å². The molecule has 1 saturated heterocycles. The number of hydrogen-bond donors (Lipinski definition) is 1. The maximum absolute atomic E-state index is 13.1. The first-order valence-electron chi connectivity index (χ1n) is 10.9. The van der Waals surface area contributed by atoms with Gasteiger partial charge in [0.2, 0.25) is 5.43 Å². The Morgan fingerprint density at radius 3 is 2.63 bits per heavy atom. The lowest BCUT2D eigenvalue weighted by Gasteiger charge is -2.21. The first-order chi connectivity index (χ1) is 16.8. The zero-order chi connectivity index (χ0) is 25.0. The van der Waals surface area contributed by atoms with Crippen molar-refractivity contribution in [3.63, 3.8) is 0 Å². The Kier molecular flexibility index (Phi) is 6.90. The molecule has 0 bridgehead atoms. The smallest absolute Gasteiger partial charge is 0.393 e. The summed E-state index contributed by atoms with van der Waals surface area (Å²) in [5.41, 5.74) is 7.36. The van der Waals surface area contributed by atoms with E-state index < -0.39 is 12.1 Å². The van der Waals surface area contributed by atoms with E-state index in [4.69, 9.17) is 10.5 Å². The number of ether oxygens (including phenoxy) is 1. The van der Waals surface area contributed by atoms with Crippen molar-refractivity contribution < 1.29 is 17.9 Å². The Bertz CT molecular complexity index is 1300. The fourth-order valence-corrected chi connectivity index (χ4v) is 3.94. The molecule has 1 aliphatic rings. The molecular formula is C25H24F3N5O2. The Hall–Kier alpha value is -4.08. The van der Waals surface area contributed by atoms with Crippen molar-refractivity contribution in [1.29, 1.82) is 0 Å². The molecule has 2 N–H and O–H groups in total. The quantitative estimate of drug-likeness (QED) is 0.531. The van der Waals surface area contributed by atoms with Gasteiger partial charge in [-0.05, 0) is 43.0 Å². The van der Waals surface area contributed by atoms with Gasteiger partial charge in [0.05, 0.1) is 24.4 Å². The number of anilines is 1. The van der Waals surface area contributed by atoms with Crippen molar-refractivity contribution in [2.24, 2.45) is 16.6 Å². The molecule has 1 unspecified atom stereocenters. The summed E-state index contributed by atoms with van der Waals surface area (Å²) in [6.45, 7) is 0.203. The zero-order valence-electron chi connectivity index (χ0n) is 18.9. The predicted octanol–water partition coefficient (Wildman–Crippen LogP) is 4.22. The van der Waals surface area contributed by atoms with Crippen LogP contribution in [0.25, 0.3) is 5.69 Å². The van der Waals surface area contributed by atoms with Crippen molar-refractivity contribution in [3.8, 4) is 11.4 Å². The maximum atomic E-state index is 13.1. The van der Waals surface area contributed by atoms with E-state index in [0.29, 0.717) is 29.4 Å². The average Bonchev–Trinajstić information content (AvgIpc) is 3.36. The summed E-state index contributed by atoms with van der Waals surface area (Å²) >= 11 is 0. The summed E-state index contributed by atoms with van der Waals surface area (Å²) in [7, 11) is 1.47. The van der Waals surface area contributed by atoms with Gasteiger partial charge in [-0.1, -0.05) is 18.2 Å². The standard InChI is InChI=1S/C25H24F3N5O2/c1-35-23-15-19(32-13-10-17(16-32)25(26,27)28)7-8-21(23)33-14-11-22(34)24(31-33)20(9-12-29)30-18-5-3-2-4-6-18/h2-9,11-12,14-15,17H,10,13,16,29H2,1H3. The van der Waals surface area contributed by atoms with E-state index in [9.17, 15) is 18.0 Å². The fraction of sp³-hybridized carbons (Fsp3) is 0.240. The normalized spacial score (nSPS) is 16.7. The van der Waals surface area contributed by atoms with Crippen molar-refractivity contribution in [2.75, 3.05) is 25.1 Å². The van der Waals surface area contributed by atoms with Crippen molar-refractivity contribution in [2.45, 2.75) is 12.6 Å². The fourth-order valence-electron chi connectivity index (χ4n) is 3.94. The third-order valence-electron chi connectivity index (χ3n) is 5.74. The number of rotatable bonds is 6. The summed E-state index contributed by atoms with van der Waals surface area (Å²) in [5.74, 6) is -0.953. The van der Waals surface area contributed by atoms with Gasteiger partial charge in [-0.15, -0.1) is 0 Å². The minimum atomic E-state index is -4.22. The van der Waals surface area contributed by atoms with Crippen LogP contribution in [0.15, 0.2) is 82.9 Å². The van der Waals surface area contributed by atoms with Gasteiger partial charge in [-0.2, -0.15) is 18.3 Å². The second-order valence-corrected chi connectivity index (χ2v) is 7.99. The van der Waals surface area contributed by atoms with E-state index in [1.807, 2.05) is 18.2 Å². The average molecular weight is 483 g/mol. The van der Waals surface area contributed by atoms with Gasteiger partial charge < -0.3 is 15.4 Å². The molecule has 1 fully saturated rings. The van der Waals surface area contributed by atoms with Gasteiger partial charge in [0.25, 0.3) is 0 Å². The van der Waals surface area contributed by atoms with Crippen LogP contribution in [0.4, 0.5) is 24.5 Å². The molecule has 3 aromatic rings. The highest BCUT2D eigenvalue weighted by molar-refractivity contribution is 6.08. The Morgan fingerprint density at radius 1 is 1.20 bits per heavy atom. The number of nitrogens with two attached hydrogens (primary N) is 1. The number of halogens is 3. The Morgan fingerprint density at radius 2 is 1.97 bits per heavy atom. The number of benzene rings is 2. The molecule has 4 rings (SSSR count). The van der Waals surface area contributed by atoms with Crippen molar-refractivity contribution in [3.05, 3.63) is 89.0 Å². The van der Waals surface area contributed by atoms with Gasteiger partial charge in [0, 0.05) is 37.1 Å². The van der Waals surface area contributed by atoms with Gasteiger partial charge in [-0.25, -0.2) is 9.67 Å². The molecule has 0 radical (unpaired) electrons. The number of para-hydroxylation sites is 1. The number of nitrogens with zero attached hydrogens (tertiary/aromatic N) is 4. The molecule has 0 amide bonds. The van der Waals surface area contributed by atoms with Gasteiger partial charge in [0.1, 0.15) is 11.4 Å². The molecule has 1 aromatic heterocycles. The SMILES string of the molecule is COc1cc(N2CCC(C(F)(F)F)C2)ccc1-n1ccc(=O)c(C(C=CN)=Nc2ccccc2)n1. The lowest BCUT2D eigenvalue weighted by molar-refractivity contribution is -0.168. The summed E-state index contributed by atoms with van der Waals surface area (Å²) in [6.07, 6.45) is 0.0965. The van der Waals surface area contributed by atoms with Crippen LogP contribution in [0.1, 0.15) is 12.1 Å². The van der Waals surface area contributed by atoms with Crippen LogP contribution in [0.2, 0.25) is 0 Å². The second-order valence-electron chi connectivity index (χ2n) is 7.99. The number of alkyl halides is 3. The van der Waals surface area contributed by atoms with E-state index in [1.165, 1.54) is 36.3 Å². The van der Waals surface area contributed by atoms with E-state index in [-0.39, 0.29) is 29.8 Å². The molecule has 10 heteroatoms. The zero-order valence-corrected chi connectivity index (χ0v) is 18.9. The molecule has 1 atom stereocenters. The molecule has 0 spiro atoms. The van der Waals surface area contributed by atoms with Crippen LogP contribution in [0.5, 0.6) is 5.75 Å². The lowest BCUT2D eigenvalue weighted by Crippen LogP contribution is -2.27. The van der Waals surface area contributed by atoms with Crippen LogP contribution in [-0.4, -0.2) is 41.9 Å². The molecule has 0 aliphatic carbocycles. The number of hydrogen-bond acceptors (Lipinski definition) is 6. The Labute approximate surface area is 200 Å². The van der Waals surface area contributed by atoms with E-state index in [2.05, 4.69) is 10.1 Å². The maximum Gasteiger partial charge on any atom is 0.393 e. The van der Waals surface area contributed by atoms with Crippen LogP contribution < -0.4 is 20.8 Å². The van der Waals surface area contributed by atoms with Gasteiger partial charge in [-0.3, -0.25) is 4.79 Å². The van der Waals surface area contributed by atoms with Crippen molar-refractivity contribution in [1.82, 2.24) is 9.78 Å². The first kappa shape index (κ1) is 24.1. The molecule has 2 aromatic carbocycles. The van der Waals surface area contributed by atoms with Crippen LogP contribution in [0.3, 0.4) is 0 Å². The number of allylic oxidation sites excluding steroid dienone is 1. The van der Waals surface area contributed by atoms with E-state index in [1.54, 1.807) is 35.2 Å². The molecule has 7 nitrogen and oxygen atoms in total. The Balaban J connectivity index is 1.70. The minimum absolute atomic E-state index is 0.0520. The summed E-state index contributed by atoms with van der Waals surface area (Å²) in [5, 5.41) is 4.46. The monoisotopic (exact) mass is 483 g/mol. The third-order valence-corrected chi connectivity index (χ3v) is 5.74.